The number of hydrogen-bond donors (Lipinski definition) is 1. The lowest BCUT2D eigenvalue weighted by Gasteiger charge is -2.03. The Morgan fingerprint density at radius 3 is 2.85 bits per heavy atom. The van der Waals surface area contributed by atoms with Gasteiger partial charge in [0.2, 0.25) is 4.80 Å². The second-order valence-corrected chi connectivity index (χ2v) is 7.08. The van der Waals surface area contributed by atoms with Gasteiger partial charge in [-0.2, -0.15) is 5.10 Å². The van der Waals surface area contributed by atoms with Gasteiger partial charge in [0.05, 0.1) is 23.0 Å². The number of ether oxygens (including phenoxy) is 1. The molecule has 0 saturated carbocycles. The van der Waals surface area contributed by atoms with Gasteiger partial charge in [-0.15, -0.1) is 5.10 Å². The second kappa shape index (κ2) is 7.25. The Labute approximate surface area is 160 Å². The number of fused-ring (bicyclic) bond motifs is 2. The lowest BCUT2D eigenvalue weighted by Crippen LogP contribution is -2.08. The Morgan fingerprint density at radius 1 is 1.15 bits per heavy atom. The van der Waals surface area contributed by atoms with Gasteiger partial charge in [0.1, 0.15) is 11.5 Å². The first-order valence-electron chi connectivity index (χ1n) is 8.67. The third-order valence-corrected chi connectivity index (χ3v) is 5.45. The molecule has 0 spiro atoms. The molecule has 1 heterocycles. The number of phenols is 1. The molecule has 4 aromatic rings. The molecule has 0 amide bonds. The van der Waals surface area contributed by atoms with Crippen molar-refractivity contribution < 1.29 is 9.84 Å². The Kier molecular flexibility index (Phi) is 4.64. The maximum Gasteiger partial charge on any atom is 0.211 e. The largest absolute Gasteiger partial charge is 0.507 e. The van der Waals surface area contributed by atoms with E-state index in [2.05, 4.69) is 10.2 Å². The van der Waals surface area contributed by atoms with Crippen molar-refractivity contribution in [3.05, 3.63) is 65.0 Å². The standard InChI is InChI=1S/C21H19N3O2S/c1-3-26-15-9-10-18-20(12-15)27-21(24(18)2)23-22-13-17-16-7-5-4-6-14(16)8-11-19(17)25/h4-13,25H,3H2,1-2H3/b22-13+,23-21+. The fraction of sp³-hybridized carbons (Fsp3) is 0.143. The summed E-state index contributed by atoms with van der Waals surface area (Å²) in [5.41, 5.74) is 1.74. The summed E-state index contributed by atoms with van der Waals surface area (Å²) >= 11 is 1.55. The van der Waals surface area contributed by atoms with Crippen LogP contribution in [0.3, 0.4) is 0 Å². The predicted molar refractivity (Wildman–Crippen MR) is 111 cm³/mol. The zero-order chi connectivity index (χ0) is 18.8. The van der Waals surface area contributed by atoms with Crippen LogP contribution in [0.15, 0.2) is 64.8 Å². The number of rotatable bonds is 4. The van der Waals surface area contributed by atoms with E-state index in [9.17, 15) is 5.11 Å². The quantitative estimate of drug-likeness (QED) is 0.422. The number of phenolic OH excluding ortho intramolecular Hbond substituents is 1. The van der Waals surface area contributed by atoms with Crippen LogP contribution in [-0.4, -0.2) is 22.5 Å². The molecule has 0 radical (unpaired) electrons. The summed E-state index contributed by atoms with van der Waals surface area (Å²) in [7, 11) is 1.96. The molecule has 0 bridgehead atoms. The highest BCUT2D eigenvalue weighted by molar-refractivity contribution is 7.16. The third-order valence-electron chi connectivity index (χ3n) is 4.37. The SMILES string of the molecule is CCOc1ccc2c(c1)s/c(=N/N=C/c1c(O)ccc3ccccc13)n2C. The Morgan fingerprint density at radius 2 is 2.00 bits per heavy atom. The van der Waals surface area contributed by atoms with E-state index in [1.807, 2.05) is 67.1 Å². The van der Waals surface area contributed by atoms with Gasteiger partial charge in [-0.05, 0) is 42.0 Å². The maximum atomic E-state index is 10.2. The lowest BCUT2D eigenvalue weighted by molar-refractivity contribution is 0.341. The predicted octanol–water partition coefficient (Wildman–Crippen LogP) is 4.43. The summed E-state index contributed by atoms with van der Waals surface area (Å²) < 4.78 is 8.65. The minimum atomic E-state index is 0.190. The summed E-state index contributed by atoms with van der Waals surface area (Å²) in [6.45, 7) is 2.61. The van der Waals surface area contributed by atoms with Crippen LogP contribution in [0.5, 0.6) is 11.5 Å². The number of nitrogens with zero attached hydrogens (tertiary/aromatic N) is 3. The Bertz CT molecular complexity index is 1220. The Balaban J connectivity index is 1.75. The van der Waals surface area contributed by atoms with Gasteiger partial charge in [0, 0.05) is 12.6 Å². The normalized spacial score (nSPS) is 12.4. The van der Waals surface area contributed by atoms with E-state index in [-0.39, 0.29) is 5.75 Å². The van der Waals surface area contributed by atoms with Crippen molar-refractivity contribution in [1.29, 1.82) is 0 Å². The molecule has 0 aliphatic carbocycles. The monoisotopic (exact) mass is 377 g/mol. The van der Waals surface area contributed by atoms with Crippen LogP contribution < -0.4 is 9.54 Å². The van der Waals surface area contributed by atoms with Gasteiger partial charge in [-0.1, -0.05) is 41.7 Å². The molecule has 1 N–H and O–H groups in total. The van der Waals surface area contributed by atoms with E-state index < -0.39 is 0 Å². The first-order valence-corrected chi connectivity index (χ1v) is 9.49. The zero-order valence-electron chi connectivity index (χ0n) is 15.1. The molecule has 6 heteroatoms. The molecular weight excluding hydrogens is 358 g/mol. The highest BCUT2D eigenvalue weighted by atomic mass is 32.1. The average molecular weight is 377 g/mol. The number of thiazole rings is 1. The highest BCUT2D eigenvalue weighted by Crippen LogP contribution is 2.25. The minimum absolute atomic E-state index is 0.190. The molecule has 0 unspecified atom stereocenters. The summed E-state index contributed by atoms with van der Waals surface area (Å²) in [6.07, 6.45) is 1.60. The molecule has 0 aliphatic heterocycles. The molecule has 27 heavy (non-hydrogen) atoms. The van der Waals surface area contributed by atoms with Gasteiger partial charge in [-0.3, -0.25) is 0 Å². The second-order valence-electron chi connectivity index (χ2n) is 6.07. The average Bonchev–Trinajstić information content (AvgIpc) is 2.99. The number of aromatic hydroxyl groups is 1. The molecule has 3 aromatic carbocycles. The molecule has 0 aliphatic rings. The van der Waals surface area contributed by atoms with Gasteiger partial charge < -0.3 is 14.4 Å². The van der Waals surface area contributed by atoms with E-state index >= 15 is 0 Å². The smallest absolute Gasteiger partial charge is 0.211 e. The fourth-order valence-electron chi connectivity index (χ4n) is 3.02. The van der Waals surface area contributed by atoms with Crippen LogP contribution in [0.2, 0.25) is 0 Å². The third kappa shape index (κ3) is 3.31. The summed E-state index contributed by atoms with van der Waals surface area (Å²) in [5.74, 6) is 1.04. The first kappa shape index (κ1) is 17.3. The number of hydrogen-bond acceptors (Lipinski definition) is 5. The number of aromatic nitrogens is 1. The molecule has 0 fully saturated rings. The summed E-state index contributed by atoms with van der Waals surface area (Å²) in [5, 5.41) is 20.8. The molecule has 1 aromatic heterocycles. The van der Waals surface area contributed by atoms with Crippen molar-refractivity contribution in [2.24, 2.45) is 17.3 Å². The van der Waals surface area contributed by atoms with Crippen LogP contribution >= 0.6 is 11.3 Å². The van der Waals surface area contributed by atoms with Crippen molar-refractivity contribution in [2.75, 3.05) is 6.61 Å². The van der Waals surface area contributed by atoms with E-state index in [1.165, 1.54) is 0 Å². The summed E-state index contributed by atoms with van der Waals surface area (Å²) in [4.78, 5) is 0.773. The van der Waals surface area contributed by atoms with Crippen molar-refractivity contribution in [3.63, 3.8) is 0 Å². The minimum Gasteiger partial charge on any atom is -0.507 e. The van der Waals surface area contributed by atoms with E-state index in [0.717, 1.165) is 31.5 Å². The topological polar surface area (TPSA) is 59.1 Å². The van der Waals surface area contributed by atoms with E-state index in [0.29, 0.717) is 12.2 Å². The molecule has 5 nitrogen and oxygen atoms in total. The van der Waals surface area contributed by atoms with Crippen LogP contribution in [0.25, 0.3) is 21.0 Å². The van der Waals surface area contributed by atoms with Crippen molar-refractivity contribution in [3.8, 4) is 11.5 Å². The lowest BCUT2D eigenvalue weighted by atomic mass is 10.0. The zero-order valence-corrected chi connectivity index (χ0v) is 15.9. The van der Waals surface area contributed by atoms with Crippen molar-refractivity contribution in [1.82, 2.24) is 4.57 Å². The molecule has 0 atom stereocenters. The highest BCUT2D eigenvalue weighted by Gasteiger charge is 2.06. The fourth-order valence-corrected chi connectivity index (χ4v) is 4.03. The van der Waals surface area contributed by atoms with E-state index in [1.54, 1.807) is 23.6 Å². The van der Waals surface area contributed by atoms with Crippen LogP contribution in [0.1, 0.15) is 12.5 Å². The first-order chi connectivity index (χ1) is 13.2. The maximum absolute atomic E-state index is 10.2. The molecule has 136 valence electrons. The van der Waals surface area contributed by atoms with Crippen molar-refractivity contribution >= 4 is 38.5 Å². The van der Waals surface area contributed by atoms with Gasteiger partial charge >= 0.3 is 0 Å². The number of aryl methyl sites for hydroxylation is 1. The molecule has 4 rings (SSSR count). The molecule has 0 saturated heterocycles. The van der Waals surface area contributed by atoms with Crippen LogP contribution in [0, 0.1) is 0 Å². The van der Waals surface area contributed by atoms with Gasteiger partial charge in [0.25, 0.3) is 0 Å². The van der Waals surface area contributed by atoms with Gasteiger partial charge in [0.15, 0.2) is 0 Å². The van der Waals surface area contributed by atoms with Crippen LogP contribution in [-0.2, 0) is 7.05 Å². The Hall–Kier alpha value is -3.12. The summed E-state index contributed by atoms with van der Waals surface area (Å²) in [6, 6.07) is 17.4. The van der Waals surface area contributed by atoms with Crippen LogP contribution in [0.4, 0.5) is 0 Å². The van der Waals surface area contributed by atoms with Crippen molar-refractivity contribution in [2.45, 2.75) is 6.92 Å². The van der Waals surface area contributed by atoms with E-state index in [4.69, 9.17) is 4.74 Å². The number of benzene rings is 3. The van der Waals surface area contributed by atoms with Gasteiger partial charge in [-0.25, -0.2) is 0 Å². The molecular formula is C21H19N3O2S.